The second-order valence-corrected chi connectivity index (χ2v) is 4.81. The molecule has 0 atom stereocenters. The van der Waals surface area contributed by atoms with Crippen LogP contribution in [0.2, 0.25) is 0 Å². The number of benzene rings is 1. The van der Waals surface area contributed by atoms with E-state index in [0.29, 0.717) is 5.69 Å². The van der Waals surface area contributed by atoms with Crippen molar-refractivity contribution in [2.45, 2.75) is 6.42 Å². The molecule has 0 heterocycles. The number of para-hydroxylation sites is 1. The van der Waals surface area contributed by atoms with Crippen molar-refractivity contribution in [2.75, 3.05) is 11.1 Å². The third-order valence-electron chi connectivity index (χ3n) is 1.76. The van der Waals surface area contributed by atoms with Gasteiger partial charge in [0.1, 0.15) is 5.75 Å². The number of hydrogen-bond acceptors (Lipinski definition) is 4. The van der Waals surface area contributed by atoms with E-state index in [2.05, 4.69) is 5.32 Å². The summed E-state index contributed by atoms with van der Waals surface area (Å²) in [6.45, 7) is 0. The molecule has 2 N–H and O–H groups in total. The van der Waals surface area contributed by atoms with Crippen LogP contribution in [0.5, 0.6) is 0 Å². The van der Waals surface area contributed by atoms with Gasteiger partial charge in [-0.2, -0.15) is 8.42 Å². The summed E-state index contributed by atoms with van der Waals surface area (Å²) in [4.78, 5) is 22.4. The molecular formula is C10H12KNO5S. The van der Waals surface area contributed by atoms with E-state index in [0.717, 1.165) is 0 Å². The van der Waals surface area contributed by atoms with Crippen molar-refractivity contribution in [1.29, 1.82) is 0 Å². The first-order chi connectivity index (χ1) is 7.87. The molecule has 0 unspecified atom stereocenters. The average molecular weight is 297 g/mol. The molecule has 6 nitrogen and oxygen atoms in total. The van der Waals surface area contributed by atoms with Crippen LogP contribution in [0.25, 0.3) is 0 Å². The summed E-state index contributed by atoms with van der Waals surface area (Å²) in [5.74, 6) is -2.53. The number of rotatable bonds is 5. The van der Waals surface area contributed by atoms with Crippen LogP contribution in [-0.4, -0.2) is 81.8 Å². The van der Waals surface area contributed by atoms with Gasteiger partial charge in [-0.05, 0) is 12.1 Å². The molecule has 0 fully saturated rings. The first kappa shape index (κ1) is 17.9. The van der Waals surface area contributed by atoms with Crippen LogP contribution in [0.3, 0.4) is 0 Å². The Morgan fingerprint density at radius 2 is 1.72 bits per heavy atom. The van der Waals surface area contributed by atoms with Crippen LogP contribution in [0.4, 0.5) is 5.69 Å². The van der Waals surface area contributed by atoms with Crippen molar-refractivity contribution in [1.82, 2.24) is 0 Å². The van der Waals surface area contributed by atoms with Crippen LogP contribution in [0.15, 0.2) is 30.3 Å². The second-order valence-electron chi connectivity index (χ2n) is 3.36. The Labute approximate surface area is 147 Å². The van der Waals surface area contributed by atoms with Gasteiger partial charge in [-0.3, -0.25) is 14.1 Å². The molecule has 1 aromatic rings. The SMILES string of the molecule is O=C(CC(=O)Nc1ccccc1)CS(=O)(=O)O.[KH]. The Morgan fingerprint density at radius 1 is 1.17 bits per heavy atom. The van der Waals surface area contributed by atoms with Crippen LogP contribution >= 0.6 is 0 Å². The molecule has 18 heavy (non-hydrogen) atoms. The number of amides is 1. The van der Waals surface area contributed by atoms with Gasteiger partial charge < -0.3 is 5.32 Å². The van der Waals surface area contributed by atoms with Crippen LogP contribution in [0.1, 0.15) is 6.42 Å². The monoisotopic (exact) mass is 297 g/mol. The number of carbonyl (C=O) groups is 2. The minimum atomic E-state index is -4.37. The van der Waals surface area contributed by atoms with Gasteiger partial charge in [-0.1, -0.05) is 18.2 Å². The second kappa shape index (κ2) is 8.15. The maximum atomic E-state index is 11.3. The maximum absolute atomic E-state index is 11.3. The molecular weight excluding hydrogens is 285 g/mol. The fourth-order valence-corrected chi connectivity index (χ4v) is 1.67. The summed E-state index contributed by atoms with van der Waals surface area (Å²) in [7, 11) is -4.37. The molecule has 0 aliphatic carbocycles. The summed E-state index contributed by atoms with van der Waals surface area (Å²) < 4.78 is 29.2. The predicted molar refractivity (Wildman–Crippen MR) is 68.3 cm³/mol. The summed E-state index contributed by atoms with van der Waals surface area (Å²) in [5, 5.41) is 2.42. The van der Waals surface area contributed by atoms with Crippen LogP contribution < -0.4 is 5.32 Å². The Bertz CT molecular complexity index is 514. The van der Waals surface area contributed by atoms with Gasteiger partial charge in [-0.25, -0.2) is 0 Å². The third kappa shape index (κ3) is 8.09. The zero-order valence-electron chi connectivity index (χ0n) is 8.79. The van der Waals surface area contributed by atoms with E-state index in [-0.39, 0.29) is 51.4 Å². The molecule has 1 amide bonds. The van der Waals surface area contributed by atoms with Gasteiger partial charge in [0, 0.05) is 5.69 Å². The number of ketones is 1. The number of Topliss-reactive ketones (excluding diaryl/α,β-unsaturated/α-hetero) is 1. The first-order valence-corrected chi connectivity index (χ1v) is 6.29. The van der Waals surface area contributed by atoms with Crippen LogP contribution in [0, 0.1) is 0 Å². The normalized spacial score (nSPS) is 10.3. The minimum absolute atomic E-state index is 0. The zero-order chi connectivity index (χ0) is 12.9. The Kier molecular flexibility index (Phi) is 8.11. The summed E-state index contributed by atoms with van der Waals surface area (Å²) in [6, 6.07) is 8.43. The van der Waals surface area contributed by atoms with E-state index in [4.69, 9.17) is 4.55 Å². The Hall–Kier alpha value is -0.0936. The van der Waals surface area contributed by atoms with E-state index in [9.17, 15) is 18.0 Å². The molecule has 8 heteroatoms. The molecule has 0 aromatic heterocycles. The molecule has 0 aliphatic heterocycles. The molecule has 1 aromatic carbocycles. The number of anilines is 1. The van der Waals surface area contributed by atoms with Gasteiger partial charge >= 0.3 is 51.4 Å². The van der Waals surface area contributed by atoms with Gasteiger partial charge in [0.15, 0.2) is 5.78 Å². The van der Waals surface area contributed by atoms with Gasteiger partial charge in [0.2, 0.25) is 5.91 Å². The zero-order valence-corrected chi connectivity index (χ0v) is 9.61. The third-order valence-corrected chi connectivity index (χ3v) is 2.45. The van der Waals surface area contributed by atoms with Crippen molar-refractivity contribution in [2.24, 2.45) is 0 Å². The van der Waals surface area contributed by atoms with Crippen molar-refractivity contribution in [3.05, 3.63) is 30.3 Å². The molecule has 0 aliphatic rings. The van der Waals surface area contributed by atoms with E-state index >= 15 is 0 Å². The molecule has 1 rings (SSSR count). The molecule has 0 radical (unpaired) electrons. The quantitative estimate of drug-likeness (QED) is 0.446. The molecule has 0 bridgehead atoms. The predicted octanol–water partition coefficient (Wildman–Crippen LogP) is -0.176. The fraction of sp³-hybridized carbons (Fsp3) is 0.200. The Balaban J connectivity index is 0.00000289. The Morgan fingerprint density at radius 3 is 2.22 bits per heavy atom. The van der Waals surface area contributed by atoms with Gasteiger partial charge in [0.05, 0.1) is 6.42 Å². The molecule has 0 saturated heterocycles. The average Bonchev–Trinajstić information content (AvgIpc) is 2.15. The number of nitrogens with one attached hydrogen (secondary N) is 1. The summed E-state index contributed by atoms with van der Waals surface area (Å²) in [5.41, 5.74) is 0.511. The summed E-state index contributed by atoms with van der Waals surface area (Å²) in [6.07, 6.45) is -0.589. The topological polar surface area (TPSA) is 101 Å². The van der Waals surface area contributed by atoms with Crippen molar-refractivity contribution < 1.29 is 22.6 Å². The van der Waals surface area contributed by atoms with Crippen molar-refractivity contribution in [3.63, 3.8) is 0 Å². The number of hydrogen-bond donors (Lipinski definition) is 2. The molecule has 0 saturated carbocycles. The number of carbonyl (C=O) groups excluding carboxylic acids is 2. The first-order valence-electron chi connectivity index (χ1n) is 4.68. The van der Waals surface area contributed by atoms with E-state index in [1.807, 2.05) is 0 Å². The molecule has 94 valence electrons. The van der Waals surface area contributed by atoms with E-state index < -0.39 is 34.0 Å². The summed E-state index contributed by atoms with van der Waals surface area (Å²) >= 11 is 0. The standard InChI is InChI=1S/C10H11NO5S.K.H/c12-9(7-17(14,15)16)6-10(13)11-8-4-2-1-3-5-8;;/h1-5H,6-7H2,(H,11,13)(H,14,15,16);;. The van der Waals surface area contributed by atoms with E-state index in [1.54, 1.807) is 30.3 Å². The van der Waals surface area contributed by atoms with E-state index in [1.165, 1.54) is 0 Å². The van der Waals surface area contributed by atoms with Crippen molar-refractivity contribution >= 4 is 78.9 Å². The van der Waals surface area contributed by atoms with Gasteiger partial charge in [-0.15, -0.1) is 0 Å². The fourth-order valence-electron chi connectivity index (χ4n) is 1.16. The van der Waals surface area contributed by atoms with Gasteiger partial charge in [0.25, 0.3) is 10.1 Å². The van der Waals surface area contributed by atoms with Crippen molar-refractivity contribution in [3.8, 4) is 0 Å². The molecule has 0 spiro atoms. The van der Waals surface area contributed by atoms with Crippen LogP contribution in [-0.2, 0) is 19.7 Å².